The number of aromatic nitrogens is 3. The first-order valence-corrected chi connectivity index (χ1v) is 10.3. The summed E-state index contributed by atoms with van der Waals surface area (Å²) in [6.45, 7) is 3.21. The van der Waals surface area contributed by atoms with Gasteiger partial charge < -0.3 is 9.26 Å². The monoisotopic (exact) mass is 493 g/mol. The van der Waals surface area contributed by atoms with Gasteiger partial charge in [0.2, 0.25) is 0 Å². The van der Waals surface area contributed by atoms with Gasteiger partial charge in [-0.05, 0) is 38.1 Å². The molecule has 0 spiro atoms. The predicted molar refractivity (Wildman–Crippen MR) is 115 cm³/mol. The second-order valence-electron chi connectivity index (χ2n) is 7.20. The third-order valence-electron chi connectivity index (χ3n) is 4.93. The molecular formula is C23H16ClF4N3O3. The second-order valence-corrected chi connectivity index (χ2v) is 7.61. The van der Waals surface area contributed by atoms with Crippen LogP contribution in [0.2, 0.25) is 5.02 Å². The highest BCUT2D eigenvalue weighted by Crippen LogP contribution is 2.43. The van der Waals surface area contributed by atoms with Gasteiger partial charge in [0.15, 0.2) is 11.5 Å². The number of nitrogens with zero attached hydrogens (tertiary/aromatic N) is 3. The summed E-state index contributed by atoms with van der Waals surface area (Å²) in [5, 5.41) is 7.46. The van der Waals surface area contributed by atoms with Crippen LogP contribution in [0.4, 0.5) is 17.6 Å². The summed E-state index contributed by atoms with van der Waals surface area (Å²) in [6, 6.07) is 9.96. The van der Waals surface area contributed by atoms with Crippen molar-refractivity contribution in [2.24, 2.45) is 0 Å². The lowest BCUT2D eigenvalue weighted by atomic mass is 10.0. The first-order valence-electron chi connectivity index (χ1n) is 9.97. The van der Waals surface area contributed by atoms with Gasteiger partial charge in [0.1, 0.15) is 17.1 Å². The molecule has 6 nitrogen and oxygen atoms in total. The Kier molecular flexibility index (Phi) is 6.18. The lowest BCUT2D eigenvalue weighted by Gasteiger charge is -2.12. The quantitative estimate of drug-likeness (QED) is 0.235. The fraction of sp³-hybridized carbons (Fsp3) is 0.174. The molecule has 0 atom stereocenters. The van der Waals surface area contributed by atoms with E-state index in [0.717, 1.165) is 17.8 Å². The molecule has 0 aliphatic rings. The third-order valence-corrected chi connectivity index (χ3v) is 5.25. The molecule has 2 aromatic carbocycles. The van der Waals surface area contributed by atoms with Crippen molar-refractivity contribution in [3.05, 3.63) is 76.3 Å². The normalized spacial score (nSPS) is 11.6. The Morgan fingerprint density at radius 1 is 1.18 bits per heavy atom. The zero-order chi connectivity index (χ0) is 24.6. The summed E-state index contributed by atoms with van der Waals surface area (Å²) >= 11 is 6.10. The number of carbonyl (C=O) groups excluding carboxylic acids is 1. The van der Waals surface area contributed by atoms with E-state index in [4.69, 9.17) is 20.9 Å². The number of alkyl halides is 3. The van der Waals surface area contributed by atoms with E-state index in [1.807, 2.05) is 0 Å². The van der Waals surface area contributed by atoms with Gasteiger partial charge in [0.05, 0.1) is 34.6 Å². The Morgan fingerprint density at radius 2 is 1.88 bits per heavy atom. The maximum Gasteiger partial charge on any atom is 0.434 e. The zero-order valence-corrected chi connectivity index (χ0v) is 18.5. The van der Waals surface area contributed by atoms with Crippen LogP contribution in [0.3, 0.4) is 0 Å². The molecule has 0 saturated carbocycles. The topological polar surface area (TPSA) is 70.2 Å². The molecule has 4 rings (SSSR count). The number of rotatable bonds is 5. The molecule has 0 N–H and O–H groups in total. The summed E-state index contributed by atoms with van der Waals surface area (Å²) in [4.78, 5) is 12.8. The average Bonchev–Trinajstić information content (AvgIpc) is 3.39. The van der Waals surface area contributed by atoms with E-state index in [1.165, 1.54) is 31.2 Å². The number of ether oxygens (including phenoxy) is 1. The number of esters is 1. The predicted octanol–water partition coefficient (Wildman–Crippen LogP) is 6.49. The molecule has 11 heteroatoms. The minimum Gasteiger partial charge on any atom is -0.462 e. The molecule has 0 unspecified atom stereocenters. The van der Waals surface area contributed by atoms with E-state index < -0.39 is 40.5 Å². The van der Waals surface area contributed by atoms with Crippen molar-refractivity contribution in [2.75, 3.05) is 6.61 Å². The van der Waals surface area contributed by atoms with Gasteiger partial charge in [-0.1, -0.05) is 40.5 Å². The first kappa shape index (κ1) is 23.5. The highest BCUT2D eigenvalue weighted by molar-refractivity contribution is 6.33. The number of hydrogen-bond acceptors (Lipinski definition) is 5. The lowest BCUT2D eigenvalue weighted by molar-refractivity contribution is -0.142. The first-order chi connectivity index (χ1) is 16.1. The summed E-state index contributed by atoms with van der Waals surface area (Å²) in [6.07, 6.45) is -4.00. The van der Waals surface area contributed by atoms with E-state index in [0.29, 0.717) is 4.68 Å². The molecule has 4 aromatic rings. The van der Waals surface area contributed by atoms with Gasteiger partial charge in [0.25, 0.3) is 0 Å². The van der Waals surface area contributed by atoms with Crippen molar-refractivity contribution in [2.45, 2.75) is 20.0 Å². The van der Waals surface area contributed by atoms with Crippen LogP contribution in [0.1, 0.15) is 28.5 Å². The molecule has 0 bridgehead atoms. The number of hydrogen-bond donors (Lipinski definition) is 0. The fourth-order valence-corrected chi connectivity index (χ4v) is 3.68. The number of aryl methyl sites for hydroxylation is 1. The van der Waals surface area contributed by atoms with Crippen LogP contribution in [0.5, 0.6) is 0 Å². The van der Waals surface area contributed by atoms with Crippen LogP contribution >= 0.6 is 11.6 Å². The van der Waals surface area contributed by atoms with Gasteiger partial charge in [-0.15, -0.1) is 0 Å². The van der Waals surface area contributed by atoms with Crippen molar-refractivity contribution >= 4 is 17.6 Å². The van der Waals surface area contributed by atoms with Crippen molar-refractivity contribution in [1.82, 2.24) is 14.9 Å². The maximum atomic E-state index is 14.6. The molecule has 2 aromatic heterocycles. The Balaban J connectivity index is 1.99. The summed E-state index contributed by atoms with van der Waals surface area (Å²) in [5.41, 5.74) is -1.97. The van der Waals surface area contributed by atoms with Gasteiger partial charge in [-0.3, -0.25) is 0 Å². The molecule has 34 heavy (non-hydrogen) atoms. The zero-order valence-electron chi connectivity index (χ0n) is 17.8. The minimum absolute atomic E-state index is 0.0946. The standard InChI is InChI=1S/C23H16ClF4N3O3/c1-3-33-22(32)18-19(17-15(24)5-4-6-16(17)25)30-34-20(18)14-11-29-31(21(14)23(26,27)28)13-9-7-12(2)8-10-13/h4-11H,3H2,1-2H3. The van der Waals surface area contributed by atoms with Crippen molar-refractivity contribution < 1.29 is 31.6 Å². The van der Waals surface area contributed by atoms with Crippen molar-refractivity contribution in [1.29, 1.82) is 0 Å². The maximum absolute atomic E-state index is 14.6. The Hall–Kier alpha value is -3.66. The lowest BCUT2D eigenvalue weighted by Crippen LogP contribution is -2.15. The van der Waals surface area contributed by atoms with Crippen LogP contribution < -0.4 is 0 Å². The van der Waals surface area contributed by atoms with Crippen LogP contribution in [-0.4, -0.2) is 27.5 Å². The molecule has 0 aliphatic carbocycles. The van der Waals surface area contributed by atoms with E-state index in [1.54, 1.807) is 19.1 Å². The molecule has 0 fully saturated rings. The summed E-state index contributed by atoms with van der Waals surface area (Å²) in [7, 11) is 0. The third kappa shape index (κ3) is 4.16. The molecule has 2 heterocycles. The van der Waals surface area contributed by atoms with E-state index in [9.17, 15) is 22.4 Å². The van der Waals surface area contributed by atoms with Gasteiger partial charge in [-0.25, -0.2) is 13.9 Å². The molecule has 176 valence electrons. The Morgan fingerprint density at radius 3 is 2.50 bits per heavy atom. The van der Waals surface area contributed by atoms with Crippen LogP contribution in [-0.2, 0) is 10.9 Å². The second kappa shape index (κ2) is 8.94. The largest absolute Gasteiger partial charge is 0.462 e. The fourth-order valence-electron chi connectivity index (χ4n) is 3.43. The minimum atomic E-state index is -4.90. The summed E-state index contributed by atoms with van der Waals surface area (Å²) < 4.78 is 68.1. The smallest absolute Gasteiger partial charge is 0.434 e. The molecule has 0 aliphatic heterocycles. The van der Waals surface area contributed by atoms with E-state index >= 15 is 0 Å². The highest BCUT2D eigenvalue weighted by atomic mass is 35.5. The Bertz CT molecular complexity index is 1340. The molecule has 0 amide bonds. The van der Waals surface area contributed by atoms with Crippen LogP contribution in [0.25, 0.3) is 28.3 Å². The van der Waals surface area contributed by atoms with Crippen LogP contribution in [0.15, 0.2) is 53.2 Å². The number of benzene rings is 2. The van der Waals surface area contributed by atoms with Crippen LogP contribution in [0, 0.1) is 12.7 Å². The number of halogens is 5. The van der Waals surface area contributed by atoms with Crippen molar-refractivity contribution in [3.63, 3.8) is 0 Å². The molecular weight excluding hydrogens is 478 g/mol. The Labute approximate surface area is 195 Å². The van der Waals surface area contributed by atoms with E-state index in [2.05, 4.69) is 10.3 Å². The SMILES string of the molecule is CCOC(=O)c1c(-c2c(F)cccc2Cl)noc1-c1cnn(-c2ccc(C)cc2)c1C(F)(F)F. The number of carbonyl (C=O) groups is 1. The van der Waals surface area contributed by atoms with Gasteiger partial charge >= 0.3 is 12.1 Å². The molecule has 0 saturated heterocycles. The highest BCUT2D eigenvalue weighted by Gasteiger charge is 2.42. The van der Waals surface area contributed by atoms with Crippen molar-refractivity contribution in [3.8, 4) is 28.3 Å². The van der Waals surface area contributed by atoms with Gasteiger partial charge in [0, 0.05) is 0 Å². The average molecular weight is 494 g/mol. The molecule has 0 radical (unpaired) electrons. The van der Waals surface area contributed by atoms with E-state index in [-0.39, 0.29) is 28.6 Å². The summed E-state index contributed by atoms with van der Waals surface area (Å²) in [5.74, 6) is -2.47. The van der Waals surface area contributed by atoms with Gasteiger partial charge in [-0.2, -0.15) is 18.3 Å².